The third-order valence-electron chi connectivity index (χ3n) is 3.47. The van der Waals surface area contributed by atoms with E-state index in [-0.39, 0.29) is 0 Å². The summed E-state index contributed by atoms with van der Waals surface area (Å²) >= 11 is 0. The van der Waals surface area contributed by atoms with E-state index in [1.54, 1.807) is 12.5 Å². The maximum Gasteiger partial charge on any atom is 0.115 e. The van der Waals surface area contributed by atoms with Crippen molar-refractivity contribution in [3.8, 4) is 0 Å². The summed E-state index contributed by atoms with van der Waals surface area (Å²) in [5.41, 5.74) is 2.40. The van der Waals surface area contributed by atoms with Crippen LogP contribution in [0.25, 0.3) is 0 Å². The molecule has 1 aromatic heterocycles. The Morgan fingerprint density at radius 1 is 1.10 bits per heavy atom. The molecule has 1 unspecified atom stereocenters. The minimum Gasteiger partial charge on any atom is -0.304 e. The summed E-state index contributed by atoms with van der Waals surface area (Å²) in [7, 11) is 0. The Morgan fingerprint density at radius 3 is 2.65 bits per heavy atom. The van der Waals surface area contributed by atoms with Crippen LogP contribution in [-0.2, 0) is 6.54 Å². The van der Waals surface area contributed by atoms with Crippen LogP contribution in [0.5, 0.6) is 0 Å². The molecule has 0 fully saturated rings. The summed E-state index contributed by atoms with van der Waals surface area (Å²) in [6, 6.07) is 13.0. The van der Waals surface area contributed by atoms with Crippen molar-refractivity contribution in [3.05, 3.63) is 60.2 Å². The van der Waals surface area contributed by atoms with E-state index in [2.05, 4.69) is 52.5 Å². The Labute approximate surface area is 121 Å². The lowest BCUT2D eigenvalue weighted by Crippen LogP contribution is -2.21. The second kappa shape index (κ2) is 8.43. The summed E-state index contributed by atoms with van der Waals surface area (Å²) in [5.74, 6) is 0. The van der Waals surface area contributed by atoms with Gasteiger partial charge >= 0.3 is 0 Å². The molecule has 3 nitrogen and oxygen atoms in total. The summed E-state index contributed by atoms with van der Waals surface area (Å²) in [4.78, 5) is 8.22. The van der Waals surface area contributed by atoms with E-state index in [9.17, 15) is 0 Å². The molecule has 0 aliphatic rings. The third kappa shape index (κ3) is 4.74. The van der Waals surface area contributed by atoms with Crippen molar-refractivity contribution >= 4 is 0 Å². The van der Waals surface area contributed by atoms with Crippen LogP contribution in [0.3, 0.4) is 0 Å². The molecule has 2 aromatic rings. The van der Waals surface area contributed by atoms with Gasteiger partial charge in [0, 0.05) is 18.8 Å². The molecule has 20 heavy (non-hydrogen) atoms. The van der Waals surface area contributed by atoms with E-state index in [0.717, 1.165) is 12.2 Å². The number of unbranched alkanes of at least 4 members (excludes halogenated alkanes) is 2. The van der Waals surface area contributed by atoms with Gasteiger partial charge in [0.2, 0.25) is 0 Å². The normalized spacial score (nSPS) is 12.2. The molecule has 0 saturated heterocycles. The molecule has 0 spiro atoms. The number of nitrogens with one attached hydrogen (secondary N) is 1. The Hall–Kier alpha value is -1.74. The first-order valence-electron chi connectivity index (χ1n) is 7.43. The van der Waals surface area contributed by atoms with E-state index in [4.69, 9.17) is 0 Å². The first-order chi connectivity index (χ1) is 9.90. The highest BCUT2D eigenvalue weighted by molar-refractivity contribution is 5.19. The Balaban J connectivity index is 1.95. The quantitative estimate of drug-likeness (QED) is 0.739. The predicted molar refractivity (Wildman–Crippen MR) is 82.2 cm³/mol. The molecule has 1 heterocycles. The first-order valence-corrected chi connectivity index (χ1v) is 7.43. The van der Waals surface area contributed by atoms with Gasteiger partial charge in [0.1, 0.15) is 6.33 Å². The minimum atomic E-state index is 0.401. The molecule has 0 aliphatic heterocycles. The SMILES string of the molecule is CCCCCC(NCc1ccncn1)c1ccccc1. The van der Waals surface area contributed by atoms with E-state index < -0.39 is 0 Å². The van der Waals surface area contributed by atoms with Crippen molar-refractivity contribution in [3.63, 3.8) is 0 Å². The van der Waals surface area contributed by atoms with Crippen LogP contribution in [0, 0.1) is 0 Å². The largest absolute Gasteiger partial charge is 0.304 e. The van der Waals surface area contributed by atoms with Gasteiger partial charge < -0.3 is 5.32 Å². The van der Waals surface area contributed by atoms with E-state index >= 15 is 0 Å². The van der Waals surface area contributed by atoms with Crippen molar-refractivity contribution in [2.24, 2.45) is 0 Å². The first kappa shape index (κ1) is 14.7. The second-order valence-corrected chi connectivity index (χ2v) is 5.04. The molecule has 0 saturated carbocycles. The standard InChI is InChI=1S/C17H23N3/c1-2-3-5-10-17(15-8-6-4-7-9-15)19-13-16-11-12-18-14-20-16/h4,6-9,11-12,14,17,19H,2-3,5,10,13H2,1H3. The second-order valence-electron chi connectivity index (χ2n) is 5.04. The lowest BCUT2D eigenvalue weighted by Gasteiger charge is -2.19. The van der Waals surface area contributed by atoms with Crippen molar-refractivity contribution < 1.29 is 0 Å². The number of rotatable bonds is 8. The molecule has 1 N–H and O–H groups in total. The summed E-state index contributed by atoms with van der Waals surface area (Å²) in [6.07, 6.45) is 8.37. The monoisotopic (exact) mass is 269 g/mol. The molecule has 3 heteroatoms. The van der Waals surface area contributed by atoms with Crippen molar-refractivity contribution in [2.75, 3.05) is 0 Å². The number of benzene rings is 1. The lowest BCUT2D eigenvalue weighted by molar-refractivity contribution is 0.470. The third-order valence-corrected chi connectivity index (χ3v) is 3.47. The zero-order valence-electron chi connectivity index (χ0n) is 12.1. The lowest BCUT2D eigenvalue weighted by atomic mass is 10.0. The average molecular weight is 269 g/mol. The Bertz CT molecular complexity index is 470. The van der Waals surface area contributed by atoms with Crippen LogP contribution in [0.2, 0.25) is 0 Å². The van der Waals surface area contributed by atoms with Gasteiger partial charge in [-0.3, -0.25) is 0 Å². The van der Waals surface area contributed by atoms with Gasteiger partial charge in [-0.1, -0.05) is 56.5 Å². The van der Waals surface area contributed by atoms with Crippen LogP contribution in [0.15, 0.2) is 48.9 Å². The van der Waals surface area contributed by atoms with Crippen LogP contribution >= 0.6 is 0 Å². The molecule has 0 radical (unpaired) electrons. The maximum atomic E-state index is 4.27. The van der Waals surface area contributed by atoms with Gasteiger partial charge in [-0.15, -0.1) is 0 Å². The zero-order chi connectivity index (χ0) is 14.0. The number of aromatic nitrogens is 2. The van der Waals surface area contributed by atoms with Crippen LogP contribution in [0.1, 0.15) is 49.9 Å². The smallest absolute Gasteiger partial charge is 0.115 e. The van der Waals surface area contributed by atoms with E-state index in [1.807, 2.05) is 6.07 Å². The predicted octanol–water partition coefficient (Wildman–Crippen LogP) is 3.89. The highest BCUT2D eigenvalue weighted by Gasteiger charge is 2.10. The maximum absolute atomic E-state index is 4.27. The van der Waals surface area contributed by atoms with Gasteiger partial charge in [-0.25, -0.2) is 9.97 Å². The summed E-state index contributed by atoms with van der Waals surface area (Å²) in [5, 5.41) is 3.62. The van der Waals surface area contributed by atoms with Gasteiger partial charge in [0.25, 0.3) is 0 Å². The van der Waals surface area contributed by atoms with Gasteiger partial charge in [-0.2, -0.15) is 0 Å². The molecule has 0 bridgehead atoms. The molecule has 1 aromatic carbocycles. The average Bonchev–Trinajstić information content (AvgIpc) is 2.52. The molecule has 106 valence electrons. The molecule has 0 amide bonds. The van der Waals surface area contributed by atoms with Gasteiger partial charge in [-0.05, 0) is 18.1 Å². The fourth-order valence-corrected chi connectivity index (χ4v) is 2.32. The van der Waals surface area contributed by atoms with Crippen LogP contribution < -0.4 is 5.32 Å². The highest BCUT2D eigenvalue weighted by Crippen LogP contribution is 2.20. The Morgan fingerprint density at radius 2 is 1.95 bits per heavy atom. The van der Waals surface area contributed by atoms with Crippen LogP contribution in [-0.4, -0.2) is 9.97 Å². The molecular weight excluding hydrogens is 246 g/mol. The molecule has 1 atom stereocenters. The zero-order valence-corrected chi connectivity index (χ0v) is 12.1. The van der Waals surface area contributed by atoms with Crippen molar-refractivity contribution in [1.29, 1.82) is 0 Å². The van der Waals surface area contributed by atoms with Crippen LogP contribution in [0.4, 0.5) is 0 Å². The van der Waals surface area contributed by atoms with E-state index in [1.165, 1.54) is 31.2 Å². The van der Waals surface area contributed by atoms with Crippen molar-refractivity contribution in [1.82, 2.24) is 15.3 Å². The number of nitrogens with zero attached hydrogens (tertiary/aromatic N) is 2. The van der Waals surface area contributed by atoms with Gasteiger partial charge in [0.05, 0.1) is 5.69 Å². The molecular formula is C17H23N3. The fraction of sp³-hybridized carbons (Fsp3) is 0.412. The molecule has 0 aliphatic carbocycles. The summed E-state index contributed by atoms with van der Waals surface area (Å²) in [6.45, 7) is 3.03. The minimum absolute atomic E-state index is 0.401. The highest BCUT2D eigenvalue weighted by atomic mass is 14.9. The number of hydrogen-bond acceptors (Lipinski definition) is 3. The fourth-order valence-electron chi connectivity index (χ4n) is 2.32. The van der Waals surface area contributed by atoms with E-state index in [0.29, 0.717) is 6.04 Å². The summed E-state index contributed by atoms with van der Waals surface area (Å²) < 4.78 is 0. The van der Waals surface area contributed by atoms with Crippen molar-refractivity contribution in [2.45, 2.75) is 45.2 Å². The topological polar surface area (TPSA) is 37.8 Å². The Kier molecular flexibility index (Phi) is 6.18. The number of hydrogen-bond donors (Lipinski definition) is 1. The molecule has 2 rings (SSSR count). The van der Waals surface area contributed by atoms with Gasteiger partial charge in [0.15, 0.2) is 0 Å².